The van der Waals surface area contributed by atoms with Crippen molar-refractivity contribution in [1.82, 2.24) is 29.6 Å². The van der Waals surface area contributed by atoms with Gasteiger partial charge in [-0.25, -0.2) is 0 Å². The van der Waals surface area contributed by atoms with E-state index in [-0.39, 0.29) is 11.8 Å². The largest absolute Gasteiger partial charge is 0.338 e. The quantitative estimate of drug-likeness (QED) is 0.726. The zero-order valence-electron chi connectivity index (χ0n) is 14.6. The van der Waals surface area contributed by atoms with Gasteiger partial charge in [0.2, 0.25) is 0 Å². The van der Waals surface area contributed by atoms with Crippen LogP contribution in [0, 0.1) is 6.92 Å². The van der Waals surface area contributed by atoms with Crippen LogP contribution in [0.4, 0.5) is 0 Å². The normalized spacial score (nSPS) is 17.3. The van der Waals surface area contributed by atoms with E-state index >= 15 is 0 Å². The Kier molecular flexibility index (Phi) is 4.43. The van der Waals surface area contributed by atoms with Gasteiger partial charge >= 0.3 is 0 Å². The van der Waals surface area contributed by atoms with Crippen LogP contribution in [0.2, 0.25) is 0 Å². The Morgan fingerprint density at radius 3 is 2.85 bits per heavy atom. The van der Waals surface area contributed by atoms with Crippen LogP contribution in [0.25, 0.3) is 5.69 Å². The Morgan fingerprint density at radius 2 is 2.04 bits per heavy atom. The maximum atomic E-state index is 13.0. The lowest BCUT2D eigenvalue weighted by Gasteiger charge is -2.32. The molecule has 0 saturated carbocycles. The highest BCUT2D eigenvalue weighted by Crippen LogP contribution is 2.26. The van der Waals surface area contributed by atoms with Crippen molar-refractivity contribution in [3.05, 3.63) is 66.3 Å². The van der Waals surface area contributed by atoms with Gasteiger partial charge in [0, 0.05) is 42.7 Å². The molecular formula is C19H20N6O. The molecule has 132 valence electrons. The summed E-state index contributed by atoms with van der Waals surface area (Å²) in [6.07, 6.45) is 8.82. The number of nitrogens with zero attached hydrogens (tertiary/aromatic N) is 6. The summed E-state index contributed by atoms with van der Waals surface area (Å²) < 4.78 is 1.79. The van der Waals surface area contributed by atoms with Gasteiger partial charge in [-0.15, -0.1) is 10.2 Å². The average molecular weight is 348 g/mol. The third kappa shape index (κ3) is 3.33. The number of likely N-dealkylation sites (tertiary alicyclic amines) is 1. The molecule has 0 N–H and O–H groups in total. The second kappa shape index (κ2) is 7.03. The molecule has 3 aromatic rings. The SMILES string of the molecule is Cc1cncc([C@H]2CCCN(C(=O)c3cccc(-n4cnnc4)c3)C2)n1. The van der Waals surface area contributed by atoms with Gasteiger partial charge in [0.15, 0.2) is 0 Å². The molecule has 1 atom stereocenters. The molecule has 0 aliphatic carbocycles. The van der Waals surface area contributed by atoms with Gasteiger partial charge in [0.05, 0.1) is 11.4 Å². The number of amides is 1. The highest BCUT2D eigenvalue weighted by Gasteiger charge is 2.26. The maximum Gasteiger partial charge on any atom is 0.253 e. The lowest BCUT2D eigenvalue weighted by Crippen LogP contribution is -2.39. The molecule has 7 heteroatoms. The molecule has 7 nitrogen and oxygen atoms in total. The van der Waals surface area contributed by atoms with Crippen LogP contribution in [0.3, 0.4) is 0 Å². The lowest BCUT2D eigenvalue weighted by molar-refractivity contribution is 0.0705. The fourth-order valence-corrected chi connectivity index (χ4v) is 3.40. The first-order valence-electron chi connectivity index (χ1n) is 8.73. The molecule has 0 spiro atoms. The Labute approximate surface area is 151 Å². The van der Waals surface area contributed by atoms with Crippen molar-refractivity contribution in [3.8, 4) is 5.69 Å². The average Bonchev–Trinajstić information content (AvgIpc) is 3.22. The summed E-state index contributed by atoms with van der Waals surface area (Å²) in [5.41, 5.74) is 3.43. The number of carbonyl (C=O) groups is 1. The zero-order valence-corrected chi connectivity index (χ0v) is 14.6. The molecule has 0 bridgehead atoms. The van der Waals surface area contributed by atoms with Crippen LogP contribution in [-0.4, -0.2) is 48.6 Å². The molecule has 4 rings (SSSR count). The first-order valence-corrected chi connectivity index (χ1v) is 8.73. The summed E-state index contributed by atoms with van der Waals surface area (Å²) in [4.78, 5) is 23.8. The van der Waals surface area contributed by atoms with E-state index in [1.54, 1.807) is 23.4 Å². The fourth-order valence-electron chi connectivity index (χ4n) is 3.40. The van der Waals surface area contributed by atoms with Crippen molar-refractivity contribution in [3.63, 3.8) is 0 Å². The summed E-state index contributed by atoms with van der Waals surface area (Å²) in [5.74, 6) is 0.284. The Hall–Kier alpha value is -3.09. The molecule has 26 heavy (non-hydrogen) atoms. The van der Waals surface area contributed by atoms with Crippen molar-refractivity contribution in [2.24, 2.45) is 0 Å². The molecule has 2 aromatic heterocycles. The lowest BCUT2D eigenvalue weighted by atomic mass is 9.94. The van der Waals surface area contributed by atoms with E-state index in [0.717, 1.165) is 36.5 Å². The summed E-state index contributed by atoms with van der Waals surface area (Å²) >= 11 is 0. The van der Waals surface area contributed by atoms with Crippen LogP contribution < -0.4 is 0 Å². The van der Waals surface area contributed by atoms with E-state index in [1.165, 1.54) is 0 Å². The van der Waals surface area contributed by atoms with Crippen molar-refractivity contribution in [1.29, 1.82) is 0 Å². The van der Waals surface area contributed by atoms with E-state index in [4.69, 9.17) is 0 Å². The molecule has 1 fully saturated rings. The van der Waals surface area contributed by atoms with Crippen LogP contribution in [0.15, 0.2) is 49.3 Å². The van der Waals surface area contributed by atoms with Crippen molar-refractivity contribution >= 4 is 5.91 Å². The molecule has 1 amide bonds. The number of aromatic nitrogens is 5. The van der Waals surface area contributed by atoms with Crippen LogP contribution >= 0.6 is 0 Å². The van der Waals surface area contributed by atoms with Gasteiger partial charge < -0.3 is 4.90 Å². The minimum Gasteiger partial charge on any atom is -0.338 e. The maximum absolute atomic E-state index is 13.0. The highest BCUT2D eigenvalue weighted by atomic mass is 16.2. The standard InChI is InChI=1S/C19H20N6O/c1-14-9-20-10-18(23-14)16-5-3-7-24(11-16)19(26)15-4-2-6-17(8-15)25-12-21-22-13-25/h2,4,6,8-10,12-13,16H,3,5,7,11H2,1H3/t16-/m0/s1. The number of hydrogen-bond acceptors (Lipinski definition) is 5. The molecule has 0 unspecified atom stereocenters. The predicted octanol–water partition coefficient (Wildman–Crippen LogP) is 2.39. The van der Waals surface area contributed by atoms with Crippen LogP contribution in [0.5, 0.6) is 0 Å². The minimum atomic E-state index is 0.0465. The second-order valence-corrected chi connectivity index (χ2v) is 6.60. The molecule has 1 saturated heterocycles. The van der Waals surface area contributed by atoms with Gasteiger partial charge in [-0.2, -0.15) is 0 Å². The van der Waals surface area contributed by atoms with E-state index in [9.17, 15) is 4.79 Å². The highest BCUT2D eigenvalue weighted by molar-refractivity contribution is 5.94. The third-order valence-corrected chi connectivity index (χ3v) is 4.71. The fraction of sp³-hybridized carbons (Fsp3) is 0.316. The van der Waals surface area contributed by atoms with Crippen molar-refractivity contribution in [2.45, 2.75) is 25.7 Å². The molecule has 1 aliphatic heterocycles. The first-order chi connectivity index (χ1) is 12.7. The topological polar surface area (TPSA) is 76.8 Å². The minimum absolute atomic E-state index is 0.0465. The zero-order chi connectivity index (χ0) is 17.9. The molecule has 1 aliphatic rings. The van der Waals surface area contributed by atoms with Gasteiger partial charge in [-0.1, -0.05) is 6.07 Å². The summed E-state index contributed by atoms with van der Waals surface area (Å²) in [6.45, 7) is 3.39. The molecule has 1 aromatic carbocycles. The van der Waals surface area contributed by atoms with Gasteiger partial charge in [0.1, 0.15) is 12.7 Å². The summed E-state index contributed by atoms with van der Waals surface area (Å²) in [7, 11) is 0. The van der Waals surface area contributed by atoms with E-state index in [1.807, 2.05) is 42.3 Å². The monoisotopic (exact) mass is 348 g/mol. The number of benzene rings is 1. The molecular weight excluding hydrogens is 328 g/mol. The van der Waals surface area contributed by atoms with Crippen molar-refractivity contribution < 1.29 is 4.79 Å². The first kappa shape index (κ1) is 16.4. The Balaban J connectivity index is 1.54. The van der Waals surface area contributed by atoms with Gasteiger partial charge in [-0.05, 0) is 38.0 Å². The van der Waals surface area contributed by atoms with Crippen molar-refractivity contribution in [2.75, 3.05) is 13.1 Å². The summed E-state index contributed by atoms with van der Waals surface area (Å²) in [5, 5.41) is 7.64. The third-order valence-electron chi connectivity index (χ3n) is 4.71. The second-order valence-electron chi connectivity index (χ2n) is 6.60. The molecule has 3 heterocycles. The van der Waals surface area contributed by atoms with Gasteiger partial charge in [-0.3, -0.25) is 19.3 Å². The smallest absolute Gasteiger partial charge is 0.253 e. The van der Waals surface area contributed by atoms with Crippen LogP contribution in [0.1, 0.15) is 40.5 Å². The Morgan fingerprint density at radius 1 is 1.19 bits per heavy atom. The van der Waals surface area contributed by atoms with Crippen LogP contribution in [-0.2, 0) is 0 Å². The number of piperidine rings is 1. The summed E-state index contributed by atoms with van der Waals surface area (Å²) in [6, 6.07) is 7.55. The number of hydrogen-bond donors (Lipinski definition) is 0. The Bertz CT molecular complexity index is 908. The number of aryl methyl sites for hydroxylation is 1. The van der Waals surface area contributed by atoms with E-state index in [0.29, 0.717) is 12.1 Å². The predicted molar refractivity (Wildman–Crippen MR) is 96.0 cm³/mol. The number of rotatable bonds is 3. The van der Waals surface area contributed by atoms with E-state index in [2.05, 4.69) is 20.2 Å². The number of carbonyl (C=O) groups excluding carboxylic acids is 1. The van der Waals surface area contributed by atoms with E-state index < -0.39 is 0 Å². The molecule has 0 radical (unpaired) electrons. The van der Waals surface area contributed by atoms with Gasteiger partial charge in [0.25, 0.3) is 5.91 Å².